The number of carbonyl (C=O) groups is 1. The zero-order valence-electron chi connectivity index (χ0n) is 11.6. The summed E-state index contributed by atoms with van der Waals surface area (Å²) in [6.45, 7) is 2.45. The third-order valence-corrected chi connectivity index (χ3v) is 4.68. The molecule has 1 aliphatic carbocycles. The van der Waals surface area contributed by atoms with Gasteiger partial charge in [-0.25, -0.2) is 0 Å². The Morgan fingerprint density at radius 1 is 1.26 bits per heavy atom. The third-order valence-electron chi connectivity index (χ3n) is 4.68. The second kappa shape index (κ2) is 4.64. The van der Waals surface area contributed by atoms with Gasteiger partial charge >= 0.3 is 0 Å². The van der Waals surface area contributed by atoms with Gasteiger partial charge in [0.05, 0.1) is 0 Å². The van der Waals surface area contributed by atoms with Crippen LogP contribution in [0.15, 0.2) is 18.2 Å². The van der Waals surface area contributed by atoms with Gasteiger partial charge in [-0.3, -0.25) is 4.79 Å². The van der Waals surface area contributed by atoms with Gasteiger partial charge in [0.1, 0.15) is 0 Å². The van der Waals surface area contributed by atoms with Crippen molar-refractivity contribution in [3.63, 3.8) is 0 Å². The fourth-order valence-corrected chi connectivity index (χ4v) is 3.49. The van der Waals surface area contributed by atoms with Crippen LogP contribution in [0.25, 0.3) is 0 Å². The van der Waals surface area contributed by atoms with Gasteiger partial charge in [-0.2, -0.15) is 0 Å². The van der Waals surface area contributed by atoms with E-state index in [4.69, 9.17) is 5.73 Å². The van der Waals surface area contributed by atoms with Crippen molar-refractivity contribution in [3.05, 3.63) is 29.3 Å². The van der Waals surface area contributed by atoms with E-state index < -0.39 is 0 Å². The van der Waals surface area contributed by atoms with E-state index in [0.717, 1.165) is 31.5 Å². The molecule has 0 radical (unpaired) electrons. The summed E-state index contributed by atoms with van der Waals surface area (Å²) in [6.07, 6.45) is 6.81. The largest absolute Gasteiger partial charge is 0.321 e. The van der Waals surface area contributed by atoms with E-state index >= 15 is 0 Å². The van der Waals surface area contributed by atoms with Gasteiger partial charge in [-0.1, -0.05) is 31.4 Å². The summed E-state index contributed by atoms with van der Waals surface area (Å²) in [5.74, 6) is 0.130. The van der Waals surface area contributed by atoms with Gasteiger partial charge < -0.3 is 10.6 Å². The fourth-order valence-electron chi connectivity index (χ4n) is 3.49. The Morgan fingerprint density at radius 2 is 2.00 bits per heavy atom. The number of benzene rings is 1. The summed E-state index contributed by atoms with van der Waals surface area (Å²) in [5, 5.41) is 0. The molecule has 0 unspecified atom stereocenters. The van der Waals surface area contributed by atoms with Crippen LogP contribution in [0.4, 0.5) is 5.69 Å². The molecule has 2 N–H and O–H groups in total. The molecule has 3 rings (SSSR count). The molecule has 0 spiro atoms. The van der Waals surface area contributed by atoms with Gasteiger partial charge in [-0.05, 0) is 36.5 Å². The number of anilines is 1. The minimum absolute atomic E-state index is 0.130. The lowest BCUT2D eigenvalue weighted by Crippen LogP contribution is -2.38. The lowest BCUT2D eigenvalue weighted by molar-refractivity contribution is -0.116. The van der Waals surface area contributed by atoms with E-state index in [-0.39, 0.29) is 11.4 Å². The van der Waals surface area contributed by atoms with Crippen LogP contribution in [0.5, 0.6) is 0 Å². The SMILES string of the molecule is CC(=O)N1CCc2ccc(C3(N)CCCCC3)cc21. The molecule has 1 aliphatic heterocycles. The second-order valence-electron chi connectivity index (χ2n) is 5.98. The highest BCUT2D eigenvalue weighted by molar-refractivity contribution is 5.93. The van der Waals surface area contributed by atoms with Crippen molar-refractivity contribution in [2.75, 3.05) is 11.4 Å². The molecular formula is C16H22N2O. The number of nitrogens with two attached hydrogens (primary N) is 1. The molecule has 1 amide bonds. The third kappa shape index (κ3) is 2.16. The smallest absolute Gasteiger partial charge is 0.223 e. The molecule has 1 aromatic carbocycles. The molecule has 1 fully saturated rings. The van der Waals surface area contributed by atoms with Crippen LogP contribution in [-0.2, 0) is 16.8 Å². The predicted molar refractivity (Wildman–Crippen MR) is 77.1 cm³/mol. The van der Waals surface area contributed by atoms with Gasteiger partial charge in [0.25, 0.3) is 0 Å². The lowest BCUT2D eigenvalue weighted by Gasteiger charge is -2.34. The van der Waals surface area contributed by atoms with Crippen LogP contribution in [0.3, 0.4) is 0 Å². The maximum Gasteiger partial charge on any atom is 0.223 e. The Labute approximate surface area is 114 Å². The van der Waals surface area contributed by atoms with Crippen molar-refractivity contribution < 1.29 is 4.79 Å². The highest BCUT2D eigenvalue weighted by Gasteiger charge is 2.31. The van der Waals surface area contributed by atoms with Crippen molar-refractivity contribution in [2.45, 2.75) is 51.0 Å². The number of carbonyl (C=O) groups excluding carboxylic acids is 1. The number of fused-ring (bicyclic) bond motifs is 1. The van der Waals surface area contributed by atoms with E-state index in [1.807, 2.05) is 4.90 Å². The van der Waals surface area contributed by atoms with Gasteiger partial charge in [0.2, 0.25) is 5.91 Å². The topological polar surface area (TPSA) is 46.3 Å². The van der Waals surface area contributed by atoms with E-state index in [9.17, 15) is 4.79 Å². The molecule has 0 atom stereocenters. The van der Waals surface area contributed by atoms with Crippen LogP contribution in [0.2, 0.25) is 0 Å². The van der Waals surface area contributed by atoms with Crippen molar-refractivity contribution in [1.29, 1.82) is 0 Å². The summed E-state index contributed by atoms with van der Waals surface area (Å²) in [5.41, 5.74) is 9.98. The molecule has 1 heterocycles. The molecule has 3 heteroatoms. The quantitative estimate of drug-likeness (QED) is 0.842. The fraction of sp³-hybridized carbons (Fsp3) is 0.562. The maximum atomic E-state index is 11.7. The number of hydrogen-bond donors (Lipinski definition) is 1. The standard InChI is InChI=1S/C16H22N2O/c1-12(19)18-10-7-13-5-6-14(11-15(13)18)16(17)8-3-2-4-9-16/h5-6,11H,2-4,7-10,17H2,1H3. The first kappa shape index (κ1) is 12.7. The number of nitrogens with zero attached hydrogens (tertiary/aromatic N) is 1. The summed E-state index contributed by atoms with van der Waals surface area (Å²) in [4.78, 5) is 13.6. The first-order chi connectivity index (χ1) is 9.10. The Kier molecular flexibility index (Phi) is 3.09. The lowest BCUT2D eigenvalue weighted by atomic mass is 9.77. The molecular weight excluding hydrogens is 236 g/mol. The van der Waals surface area contributed by atoms with Gasteiger partial charge in [0, 0.05) is 24.7 Å². The highest BCUT2D eigenvalue weighted by atomic mass is 16.2. The van der Waals surface area contributed by atoms with Crippen molar-refractivity contribution in [3.8, 4) is 0 Å². The number of amides is 1. The average Bonchev–Trinajstić information content (AvgIpc) is 2.82. The summed E-state index contributed by atoms with van der Waals surface area (Å²) in [7, 11) is 0. The molecule has 102 valence electrons. The van der Waals surface area contributed by atoms with E-state index in [1.54, 1.807) is 6.92 Å². The minimum Gasteiger partial charge on any atom is -0.321 e. The zero-order chi connectivity index (χ0) is 13.5. The van der Waals surface area contributed by atoms with Crippen LogP contribution >= 0.6 is 0 Å². The molecule has 2 aliphatic rings. The highest BCUT2D eigenvalue weighted by Crippen LogP contribution is 2.38. The molecule has 1 saturated carbocycles. The average molecular weight is 258 g/mol. The van der Waals surface area contributed by atoms with Crippen LogP contribution in [0, 0.1) is 0 Å². The van der Waals surface area contributed by atoms with Crippen molar-refractivity contribution in [2.24, 2.45) is 5.73 Å². The Morgan fingerprint density at radius 3 is 2.68 bits per heavy atom. The Bertz CT molecular complexity index is 503. The van der Waals surface area contributed by atoms with Crippen molar-refractivity contribution in [1.82, 2.24) is 0 Å². The molecule has 3 nitrogen and oxygen atoms in total. The van der Waals surface area contributed by atoms with Crippen molar-refractivity contribution >= 4 is 11.6 Å². The minimum atomic E-state index is -0.182. The van der Waals surface area contributed by atoms with Crippen LogP contribution in [-0.4, -0.2) is 12.5 Å². The summed E-state index contributed by atoms with van der Waals surface area (Å²) in [6, 6.07) is 6.50. The second-order valence-corrected chi connectivity index (χ2v) is 5.98. The molecule has 0 aromatic heterocycles. The van der Waals surface area contributed by atoms with E-state index in [1.165, 1.54) is 30.4 Å². The van der Waals surface area contributed by atoms with Gasteiger partial charge in [0.15, 0.2) is 0 Å². The molecule has 0 bridgehead atoms. The first-order valence-corrected chi connectivity index (χ1v) is 7.30. The van der Waals surface area contributed by atoms with E-state index in [2.05, 4.69) is 18.2 Å². The molecule has 19 heavy (non-hydrogen) atoms. The molecule has 1 aromatic rings. The first-order valence-electron chi connectivity index (χ1n) is 7.30. The predicted octanol–water partition coefficient (Wildman–Crippen LogP) is 2.71. The summed E-state index contributed by atoms with van der Waals surface area (Å²) >= 11 is 0. The Balaban J connectivity index is 1.97. The van der Waals surface area contributed by atoms with E-state index in [0.29, 0.717) is 0 Å². The number of rotatable bonds is 1. The zero-order valence-corrected chi connectivity index (χ0v) is 11.6. The molecule has 0 saturated heterocycles. The maximum absolute atomic E-state index is 11.7. The monoisotopic (exact) mass is 258 g/mol. The van der Waals surface area contributed by atoms with Gasteiger partial charge in [-0.15, -0.1) is 0 Å². The Hall–Kier alpha value is -1.35. The summed E-state index contributed by atoms with van der Waals surface area (Å²) < 4.78 is 0. The van der Waals surface area contributed by atoms with Crippen LogP contribution < -0.4 is 10.6 Å². The normalized spacial score (nSPS) is 21.3. The van der Waals surface area contributed by atoms with Crippen LogP contribution in [0.1, 0.15) is 50.2 Å². The number of hydrogen-bond acceptors (Lipinski definition) is 2.